The van der Waals surface area contributed by atoms with Gasteiger partial charge in [-0.15, -0.1) is 5.10 Å². The number of aromatic nitrogens is 5. The number of hydrogen-bond donors (Lipinski definition) is 1. The highest BCUT2D eigenvalue weighted by molar-refractivity contribution is 5.90. The summed E-state index contributed by atoms with van der Waals surface area (Å²) in [7, 11) is 0. The van der Waals surface area contributed by atoms with Crippen molar-refractivity contribution < 1.29 is 18.0 Å². The van der Waals surface area contributed by atoms with Crippen LogP contribution in [0.3, 0.4) is 0 Å². The molecule has 0 spiro atoms. The molecule has 0 aliphatic rings. The van der Waals surface area contributed by atoms with Crippen LogP contribution in [0, 0.1) is 13.8 Å². The minimum absolute atomic E-state index is 0.0296. The fraction of sp³-hybridized carbons (Fsp3) is 0.167. The number of hydrogen-bond acceptors (Lipinski definition) is 4. The molecule has 35 heavy (non-hydrogen) atoms. The number of benzene rings is 2. The monoisotopic (exact) mass is 480 g/mol. The minimum atomic E-state index is -4.54. The Morgan fingerprint density at radius 1 is 1.03 bits per heavy atom. The molecule has 0 bridgehead atoms. The van der Waals surface area contributed by atoms with Crippen molar-refractivity contribution >= 4 is 22.8 Å². The van der Waals surface area contributed by atoms with Crippen LogP contribution in [0.25, 0.3) is 22.4 Å². The Kier molecular flexibility index (Phi) is 5.19. The van der Waals surface area contributed by atoms with Gasteiger partial charge in [0.25, 0.3) is 0 Å². The van der Waals surface area contributed by atoms with Crippen molar-refractivity contribution in [1.29, 1.82) is 0 Å². The van der Waals surface area contributed by atoms with Crippen LogP contribution in [0.15, 0.2) is 65.7 Å². The van der Waals surface area contributed by atoms with Gasteiger partial charge in [0.15, 0.2) is 5.65 Å². The Morgan fingerprint density at radius 3 is 2.60 bits per heavy atom. The maximum atomic E-state index is 12.9. The Hall–Kier alpha value is -4.41. The van der Waals surface area contributed by atoms with Gasteiger partial charge >= 0.3 is 11.9 Å². The van der Waals surface area contributed by atoms with Gasteiger partial charge in [0.05, 0.1) is 11.3 Å². The lowest BCUT2D eigenvalue weighted by Crippen LogP contribution is -2.28. The third kappa shape index (κ3) is 4.16. The Morgan fingerprint density at radius 2 is 1.83 bits per heavy atom. The van der Waals surface area contributed by atoms with E-state index in [1.807, 2.05) is 38.1 Å². The van der Waals surface area contributed by atoms with Crippen LogP contribution >= 0.6 is 0 Å². The molecule has 5 rings (SSSR count). The van der Waals surface area contributed by atoms with Crippen molar-refractivity contribution in [1.82, 2.24) is 23.8 Å². The molecule has 1 N–H and O–H groups in total. The highest BCUT2D eigenvalue weighted by atomic mass is 19.4. The first-order valence-corrected chi connectivity index (χ1v) is 10.6. The first-order chi connectivity index (χ1) is 16.6. The van der Waals surface area contributed by atoms with Crippen LogP contribution in [0.2, 0.25) is 0 Å². The highest BCUT2D eigenvalue weighted by Gasteiger charge is 2.30. The van der Waals surface area contributed by atoms with Gasteiger partial charge < -0.3 is 5.32 Å². The third-order valence-electron chi connectivity index (χ3n) is 5.63. The molecule has 0 fully saturated rings. The number of aryl methyl sites for hydroxylation is 2. The maximum Gasteiger partial charge on any atom is 0.416 e. The predicted octanol–water partition coefficient (Wildman–Crippen LogP) is 4.09. The van der Waals surface area contributed by atoms with E-state index in [-0.39, 0.29) is 5.69 Å². The van der Waals surface area contributed by atoms with Crippen LogP contribution in [0.1, 0.15) is 16.7 Å². The molecule has 11 heteroatoms. The Bertz CT molecular complexity index is 1660. The van der Waals surface area contributed by atoms with Crippen molar-refractivity contribution in [2.24, 2.45) is 0 Å². The fourth-order valence-electron chi connectivity index (χ4n) is 3.89. The number of carbonyl (C=O) groups is 1. The maximum absolute atomic E-state index is 12.9. The first-order valence-electron chi connectivity index (χ1n) is 10.6. The second-order valence-corrected chi connectivity index (χ2v) is 8.24. The molecule has 5 aromatic rings. The van der Waals surface area contributed by atoms with Gasteiger partial charge in [-0.05, 0) is 49.7 Å². The number of anilines is 1. The average molecular weight is 480 g/mol. The summed E-state index contributed by atoms with van der Waals surface area (Å²) in [6.07, 6.45) is -1.42. The van der Waals surface area contributed by atoms with Crippen molar-refractivity contribution in [3.63, 3.8) is 0 Å². The molecule has 8 nitrogen and oxygen atoms in total. The second kappa shape index (κ2) is 8.12. The Balaban J connectivity index is 1.47. The van der Waals surface area contributed by atoms with Gasteiger partial charge in [0.2, 0.25) is 5.91 Å². The summed E-state index contributed by atoms with van der Waals surface area (Å²) < 4.78 is 42.6. The summed E-state index contributed by atoms with van der Waals surface area (Å²) in [6, 6.07) is 12.1. The lowest BCUT2D eigenvalue weighted by molar-refractivity contribution is -0.137. The van der Waals surface area contributed by atoms with E-state index < -0.39 is 29.9 Å². The number of fused-ring (bicyclic) bond motifs is 3. The molecule has 0 aliphatic heterocycles. The number of halogens is 3. The molecule has 0 atom stereocenters. The fourth-order valence-corrected chi connectivity index (χ4v) is 3.89. The number of nitrogens with one attached hydrogen (secondary N) is 1. The number of alkyl halides is 3. The summed E-state index contributed by atoms with van der Waals surface area (Å²) in [4.78, 5) is 25.3. The van der Waals surface area contributed by atoms with Crippen molar-refractivity contribution in [2.45, 2.75) is 26.6 Å². The van der Waals surface area contributed by atoms with Gasteiger partial charge in [0, 0.05) is 23.6 Å². The Labute approximate surface area is 196 Å². The topological polar surface area (TPSA) is 85.7 Å². The number of amides is 1. The molecule has 0 saturated carbocycles. The SMILES string of the molecule is Cc1ccc(C)c(-c2cc3c4nn(CC(=O)Nc5cccc(C(F)(F)F)c5)c(=O)n4ccn3n2)c1. The van der Waals surface area contributed by atoms with Crippen molar-refractivity contribution in [2.75, 3.05) is 5.32 Å². The van der Waals surface area contributed by atoms with Gasteiger partial charge in [-0.2, -0.15) is 18.3 Å². The lowest BCUT2D eigenvalue weighted by Gasteiger charge is -2.09. The van der Waals surface area contributed by atoms with Crippen LogP contribution in [0.4, 0.5) is 18.9 Å². The summed E-state index contributed by atoms with van der Waals surface area (Å²) in [6.45, 7) is 3.50. The minimum Gasteiger partial charge on any atom is -0.324 e. The van der Waals surface area contributed by atoms with Crippen LogP contribution in [0.5, 0.6) is 0 Å². The van der Waals surface area contributed by atoms with E-state index in [0.29, 0.717) is 16.9 Å². The third-order valence-corrected chi connectivity index (χ3v) is 5.63. The summed E-state index contributed by atoms with van der Waals surface area (Å²) in [5.74, 6) is -0.685. The molecule has 178 valence electrons. The smallest absolute Gasteiger partial charge is 0.324 e. The van der Waals surface area contributed by atoms with Gasteiger partial charge in [-0.1, -0.05) is 23.8 Å². The largest absolute Gasteiger partial charge is 0.416 e. The second-order valence-electron chi connectivity index (χ2n) is 8.24. The molecular formula is C24H19F3N6O2. The summed E-state index contributed by atoms with van der Waals surface area (Å²) >= 11 is 0. The van der Waals surface area contributed by atoms with Crippen LogP contribution < -0.4 is 11.0 Å². The molecule has 0 unspecified atom stereocenters. The van der Waals surface area contributed by atoms with Crippen molar-refractivity contribution in [3.8, 4) is 11.3 Å². The van der Waals surface area contributed by atoms with E-state index in [1.165, 1.54) is 22.7 Å². The molecular weight excluding hydrogens is 461 g/mol. The lowest BCUT2D eigenvalue weighted by atomic mass is 10.0. The zero-order valence-corrected chi connectivity index (χ0v) is 18.7. The number of rotatable bonds is 4. The predicted molar refractivity (Wildman–Crippen MR) is 123 cm³/mol. The van der Waals surface area contributed by atoms with Gasteiger partial charge in [-0.25, -0.2) is 18.4 Å². The van der Waals surface area contributed by atoms with E-state index in [2.05, 4.69) is 15.5 Å². The van der Waals surface area contributed by atoms with Crippen molar-refractivity contribution in [3.05, 3.63) is 88.1 Å². The highest BCUT2D eigenvalue weighted by Crippen LogP contribution is 2.30. The zero-order chi connectivity index (χ0) is 24.9. The number of carbonyl (C=O) groups excluding carboxylic acids is 1. The van der Waals surface area contributed by atoms with Gasteiger partial charge in [0.1, 0.15) is 12.1 Å². The van der Waals surface area contributed by atoms with E-state index in [0.717, 1.165) is 33.5 Å². The van der Waals surface area contributed by atoms with E-state index in [4.69, 9.17) is 0 Å². The molecule has 0 saturated heterocycles. The van der Waals surface area contributed by atoms with Crippen LogP contribution in [-0.4, -0.2) is 29.7 Å². The quantitative estimate of drug-likeness (QED) is 0.420. The normalized spacial score (nSPS) is 11.9. The molecule has 3 heterocycles. The first kappa shape index (κ1) is 22.4. The van der Waals surface area contributed by atoms with E-state index in [9.17, 15) is 22.8 Å². The van der Waals surface area contributed by atoms with E-state index in [1.54, 1.807) is 10.7 Å². The summed E-state index contributed by atoms with van der Waals surface area (Å²) in [5.41, 5.74) is 3.19. The summed E-state index contributed by atoms with van der Waals surface area (Å²) in [5, 5.41) is 11.3. The van der Waals surface area contributed by atoms with Gasteiger partial charge in [-0.3, -0.25) is 4.79 Å². The molecule has 2 aromatic carbocycles. The zero-order valence-electron chi connectivity index (χ0n) is 18.7. The molecule has 1 amide bonds. The standard InChI is InChI=1S/C24H19F3N6O2/c1-14-6-7-15(2)18(10-14)19-12-20-22-30-33(23(35)31(22)8-9-32(20)29-19)13-21(34)28-17-5-3-4-16(11-17)24(25,26)27/h3-12H,13H2,1-2H3,(H,28,34). The molecule has 0 aliphatic carbocycles. The molecule has 0 radical (unpaired) electrons. The number of nitrogens with zero attached hydrogens (tertiary/aromatic N) is 5. The van der Waals surface area contributed by atoms with E-state index >= 15 is 0 Å². The molecule has 3 aromatic heterocycles. The van der Waals surface area contributed by atoms with Crippen LogP contribution in [-0.2, 0) is 17.5 Å². The average Bonchev–Trinajstić information content (AvgIpc) is 3.36.